The summed E-state index contributed by atoms with van der Waals surface area (Å²) in [5, 5.41) is 8.45. The van der Waals surface area contributed by atoms with Gasteiger partial charge in [0.05, 0.1) is 22.0 Å². The number of carbonyl (C=O) groups is 1. The maximum atomic E-state index is 11.4. The number of rotatable bonds is 3. The average Bonchev–Trinajstić information content (AvgIpc) is 3.17. The van der Waals surface area contributed by atoms with E-state index >= 15 is 0 Å². The number of carbonyl (C=O) groups excluding carboxylic acids is 1. The van der Waals surface area contributed by atoms with Gasteiger partial charge >= 0.3 is 0 Å². The van der Waals surface area contributed by atoms with Crippen molar-refractivity contribution in [2.45, 2.75) is 53.5 Å². The monoisotopic (exact) mass is 381 g/mol. The smallest absolute Gasteiger partial charge is 0.223 e. The number of hydrogen-bond acceptors (Lipinski definition) is 5. The van der Waals surface area contributed by atoms with E-state index in [-0.39, 0.29) is 11.9 Å². The molecule has 0 spiro atoms. The Labute approximate surface area is 162 Å². The Hall–Kier alpha value is -2.54. The molecule has 0 fully saturated rings. The zero-order valence-corrected chi connectivity index (χ0v) is 17.1. The first-order valence-corrected chi connectivity index (χ1v) is 9.99. The van der Waals surface area contributed by atoms with Crippen LogP contribution < -0.4 is 5.32 Å². The number of aryl methyl sites for hydroxylation is 3. The van der Waals surface area contributed by atoms with Crippen molar-refractivity contribution in [2.75, 3.05) is 5.32 Å². The van der Waals surface area contributed by atoms with E-state index in [1.165, 1.54) is 29.4 Å². The zero-order valence-electron chi connectivity index (χ0n) is 16.3. The Morgan fingerprint density at radius 1 is 1.30 bits per heavy atom. The summed E-state index contributed by atoms with van der Waals surface area (Å²) in [6.07, 6.45) is 3.66. The van der Waals surface area contributed by atoms with Crippen molar-refractivity contribution < 1.29 is 4.79 Å². The zero-order chi connectivity index (χ0) is 19.3. The molecule has 4 rings (SSSR count). The first kappa shape index (κ1) is 17.9. The number of pyridine rings is 1. The number of nitrogens with zero attached hydrogens (tertiary/aromatic N) is 4. The lowest BCUT2D eigenvalue weighted by molar-refractivity contribution is -0.114. The van der Waals surface area contributed by atoms with E-state index in [0.29, 0.717) is 5.13 Å². The van der Waals surface area contributed by atoms with Gasteiger partial charge in [0.2, 0.25) is 5.91 Å². The minimum Gasteiger partial charge on any atom is -0.302 e. The summed E-state index contributed by atoms with van der Waals surface area (Å²) in [6.45, 7) is 9.89. The summed E-state index contributed by atoms with van der Waals surface area (Å²) in [6, 6.07) is 2.39. The summed E-state index contributed by atoms with van der Waals surface area (Å²) in [7, 11) is 0. The Kier molecular flexibility index (Phi) is 4.34. The third-order valence-electron chi connectivity index (χ3n) is 4.92. The van der Waals surface area contributed by atoms with Gasteiger partial charge in [-0.2, -0.15) is 5.10 Å². The normalized spacial score (nSPS) is 12.8. The van der Waals surface area contributed by atoms with E-state index in [0.717, 1.165) is 46.1 Å². The maximum Gasteiger partial charge on any atom is 0.223 e. The predicted octanol–water partition coefficient (Wildman–Crippen LogP) is 4.32. The Balaban J connectivity index is 1.89. The van der Waals surface area contributed by atoms with Crippen LogP contribution in [-0.2, 0) is 17.6 Å². The fraction of sp³-hybridized carbons (Fsp3) is 0.400. The van der Waals surface area contributed by atoms with Crippen molar-refractivity contribution in [3.8, 4) is 21.8 Å². The van der Waals surface area contributed by atoms with Crippen molar-refractivity contribution in [1.82, 2.24) is 19.7 Å². The largest absolute Gasteiger partial charge is 0.302 e. The second kappa shape index (κ2) is 6.56. The van der Waals surface area contributed by atoms with Crippen LogP contribution in [0.5, 0.6) is 0 Å². The molecular weight excluding hydrogens is 358 g/mol. The molecule has 0 saturated carbocycles. The Bertz CT molecular complexity index is 1050. The molecule has 27 heavy (non-hydrogen) atoms. The maximum absolute atomic E-state index is 11.4. The van der Waals surface area contributed by atoms with Gasteiger partial charge in [-0.05, 0) is 52.2 Å². The fourth-order valence-electron chi connectivity index (χ4n) is 3.48. The van der Waals surface area contributed by atoms with Gasteiger partial charge < -0.3 is 5.32 Å². The Morgan fingerprint density at radius 2 is 2.07 bits per heavy atom. The summed E-state index contributed by atoms with van der Waals surface area (Å²) in [5.74, 6) is -0.0967. The van der Waals surface area contributed by atoms with Gasteiger partial charge in [-0.3, -0.25) is 14.5 Å². The molecule has 3 aromatic heterocycles. The molecule has 7 heteroatoms. The summed E-state index contributed by atoms with van der Waals surface area (Å²) < 4.78 is 2.09. The third kappa shape index (κ3) is 3.06. The van der Waals surface area contributed by atoms with Crippen LogP contribution in [0.2, 0.25) is 0 Å². The summed E-state index contributed by atoms with van der Waals surface area (Å²) >= 11 is 1.53. The molecule has 0 radical (unpaired) electrons. The SMILES string of the molecule is CC(=O)Nc1nc2c(s1)-c1c(c(-c3cnc(C)c(C)c3)nn1C(C)C)CC2. The van der Waals surface area contributed by atoms with E-state index in [2.05, 4.69) is 46.8 Å². The Morgan fingerprint density at radius 3 is 2.74 bits per heavy atom. The van der Waals surface area contributed by atoms with Gasteiger partial charge in [0.1, 0.15) is 0 Å². The molecule has 1 aliphatic carbocycles. The number of hydrogen-bond donors (Lipinski definition) is 1. The second-order valence-corrected chi connectivity index (χ2v) is 8.32. The molecule has 0 aromatic carbocycles. The molecule has 0 bridgehead atoms. The number of amides is 1. The van der Waals surface area contributed by atoms with Crippen LogP contribution in [0.3, 0.4) is 0 Å². The summed E-state index contributed by atoms with van der Waals surface area (Å²) in [5.41, 5.74) is 7.71. The van der Waals surface area contributed by atoms with Crippen molar-refractivity contribution >= 4 is 22.4 Å². The predicted molar refractivity (Wildman–Crippen MR) is 108 cm³/mol. The molecule has 1 N–H and O–H groups in total. The first-order chi connectivity index (χ1) is 12.8. The number of anilines is 1. The van der Waals surface area contributed by atoms with Gasteiger partial charge in [-0.15, -0.1) is 0 Å². The molecular formula is C20H23N5OS. The van der Waals surface area contributed by atoms with Crippen LogP contribution in [0.4, 0.5) is 5.13 Å². The fourth-order valence-corrected chi connectivity index (χ4v) is 4.60. The number of nitrogens with one attached hydrogen (secondary N) is 1. The van der Waals surface area contributed by atoms with Crippen LogP contribution >= 0.6 is 11.3 Å². The van der Waals surface area contributed by atoms with E-state index in [1.807, 2.05) is 13.1 Å². The van der Waals surface area contributed by atoms with E-state index < -0.39 is 0 Å². The van der Waals surface area contributed by atoms with Gasteiger partial charge in [0, 0.05) is 36.0 Å². The lowest BCUT2D eigenvalue weighted by Crippen LogP contribution is -2.09. The van der Waals surface area contributed by atoms with E-state index in [4.69, 9.17) is 5.10 Å². The molecule has 1 aliphatic rings. The molecule has 3 heterocycles. The second-order valence-electron chi connectivity index (χ2n) is 7.32. The van der Waals surface area contributed by atoms with Crippen LogP contribution in [0, 0.1) is 13.8 Å². The lowest BCUT2D eigenvalue weighted by atomic mass is 9.95. The van der Waals surface area contributed by atoms with Crippen LogP contribution in [0.1, 0.15) is 49.3 Å². The number of aromatic nitrogens is 4. The first-order valence-electron chi connectivity index (χ1n) is 9.17. The minimum absolute atomic E-state index is 0.0967. The van der Waals surface area contributed by atoms with Crippen molar-refractivity contribution in [2.24, 2.45) is 0 Å². The van der Waals surface area contributed by atoms with Gasteiger partial charge in [0.15, 0.2) is 5.13 Å². The average molecular weight is 382 g/mol. The van der Waals surface area contributed by atoms with Gasteiger partial charge in [-0.25, -0.2) is 4.98 Å². The molecule has 3 aromatic rings. The topological polar surface area (TPSA) is 72.7 Å². The summed E-state index contributed by atoms with van der Waals surface area (Å²) in [4.78, 5) is 21.7. The highest BCUT2D eigenvalue weighted by Gasteiger charge is 2.30. The highest BCUT2D eigenvalue weighted by atomic mass is 32.1. The molecule has 140 valence electrons. The third-order valence-corrected chi connectivity index (χ3v) is 5.94. The number of thiazole rings is 1. The van der Waals surface area contributed by atoms with Gasteiger partial charge in [0.25, 0.3) is 0 Å². The van der Waals surface area contributed by atoms with Crippen LogP contribution in [0.25, 0.3) is 21.8 Å². The molecule has 6 nitrogen and oxygen atoms in total. The molecule has 0 aliphatic heterocycles. The van der Waals surface area contributed by atoms with E-state index in [9.17, 15) is 4.79 Å². The minimum atomic E-state index is -0.0967. The number of fused-ring (bicyclic) bond motifs is 3. The van der Waals surface area contributed by atoms with Crippen LogP contribution in [-0.4, -0.2) is 25.7 Å². The van der Waals surface area contributed by atoms with Gasteiger partial charge in [-0.1, -0.05) is 11.3 Å². The van der Waals surface area contributed by atoms with Crippen molar-refractivity contribution in [1.29, 1.82) is 0 Å². The molecule has 1 amide bonds. The quantitative estimate of drug-likeness (QED) is 0.733. The highest BCUT2D eigenvalue weighted by molar-refractivity contribution is 7.19. The standard InChI is InChI=1S/C20H23N5OS/c1-10(2)25-18-15(17(24-25)14-8-11(3)12(4)21-9-14)6-7-16-19(18)27-20(23-16)22-13(5)26/h8-10H,6-7H2,1-5H3,(H,22,23,26). The van der Waals surface area contributed by atoms with Crippen molar-refractivity contribution in [3.63, 3.8) is 0 Å². The van der Waals surface area contributed by atoms with E-state index in [1.54, 1.807) is 0 Å². The lowest BCUT2D eigenvalue weighted by Gasteiger charge is -2.15. The van der Waals surface area contributed by atoms with Crippen LogP contribution in [0.15, 0.2) is 12.3 Å². The highest BCUT2D eigenvalue weighted by Crippen LogP contribution is 2.44. The molecule has 0 atom stereocenters. The van der Waals surface area contributed by atoms with Crippen molar-refractivity contribution in [3.05, 3.63) is 34.8 Å². The molecule has 0 saturated heterocycles. The molecule has 0 unspecified atom stereocenters.